The Morgan fingerprint density at radius 3 is 3.00 bits per heavy atom. The van der Waals surface area contributed by atoms with Crippen molar-refractivity contribution in [2.24, 2.45) is 5.92 Å². The molecule has 3 nitrogen and oxygen atoms in total. The van der Waals surface area contributed by atoms with E-state index in [1.165, 1.54) is 11.1 Å². The molecule has 0 radical (unpaired) electrons. The lowest BCUT2D eigenvalue weighted by molar-refractivity contribution is -0.120. The number of rotatable bonds is 5. The lowest BCUT2D eigenvalue weighted by atomic mass is 10.0. The summed E-state index contributed by atoms with van der Waals surface area (Å²) in [6.45, 7) is 5.34. The Bertz CT molecular complexity index is 434. The molecule has 1 aromatic carbocycles. The molecule has 1 atom stereocenters. The van der Waals surface area contributed by atoms with Gasteiger partial charge in [-0.2, -0.15) is 11.8 Å². The largest absolute Gasteiger partial charge is 0.355 e. The minimum Gasteiger partial charge on any atom is -0.355 e. The lowest BCUT2D eigenvalue weighted by Crippen LogP contribution is -2.38. The van der Waals surface area contributed by atoms with Crippen LogP contribution in [-0.4, -0.2) is 24.7 Å². The maximum Gasteiger partial charge on any atom is 0.233 e. The van der Waals surface area contributed by atoms with Crippen LogP contribution < -0.4 is 10.6 Å². The first-order valence-corrected chi connectivity index (χ1v) is 7.98. The number of hydrogen-bond donors (Lipinski definition) is 2. The van der Waals surface area contributed by atoms with Gasteiger partial charge in [0.25, 0.3) is 0 Å². The van der Waals surface area contributed by atoms with E-state index in [9.17, 15) is 4.79 Å². The monoisotopic (exact) mass is 278 g/mol. The first-order valence-electron chi connectivity index (χ1n) is 6.82. The molecular weight excluding hydrogens is 256 g/mol. The summed E-state index contributed by atoms with van der Waals surface area (Å²) in [5, 5.41) is 6.31. The van der Waals surface area contributed by atoms with Gasteiger partial charge in [-0.15, -0.1) is 0 Å². The molecule has 0 saturated carbocycles. The van der Waals surface area contributed by atoms with E-state index in [1.54, 1.807) is 0 Å². The summed E-state index contributed by atoms with van der Waals surface area (Å²) in [6, 6.07) is 8.78. The van der Waals surface area contributed by atoms with Gasteiger partial charge in [0.05, 0.1) is 6.54 Å². The van der Waals surface area contributed by atoms with Crippen molar-refractivity contribution in [3.05, 3.63) is 35.4 Å². The average Bonchev–Trinajstić information content (AvgIpc) is 2.42. The van der Waals surface area contributed by atoms with Crippen molar-refractivity contribution in [1.29, 1.82) is 0 Å². The summed E-state index contributed by atoms with van der Waals surface area (Å²) in [6.07, 6.45) is 0. The number of carbonyl (C=O) groups excluding carboxylic acids is 1. The van der Waals surface area contributed by atoms with Crippen molar-refractivity contribution < 1.29 is 4.79 Å². The number of fused-ring (bicyclic) bond motifs is 1. The van der Waals surface area contributed by atoms with Gasteiger partial charge in [-0.3, -0.25) is 4.79 Å². The SMILES string of the molecule is CC(C)CNC(=O)CNC1CSCc2ccccc21. The molecule has 1 aliphatic heterocycles. The number of thioether (sulfide) groups is 1. The zero-order valence-electron chi connectivity index (χ0n) is 11.6. The van der Waals surface area contributed by atoms with Crippen LogP contribution in [0.4, 0.5) is 0 Å². The third-order valence-electron chi connectivity index (χ3n) is 3.19. The fraction of sp³-hybridized carbons (Fsp3) is 0.533. The predicted octanol–water partition coefficient (Wildman–Crippen LogP) is 2.34. The van der Waals surface area contributed by atoms with Gasteiger partial charge in [0, 0.05) is 24.1 Å². The van der Waals surface area contributed by atoms with Gasteiger partial charge in [-0.05, 0) is 17.0 Å². The molecule has 0 saturated heterocycles. The Labute approximate surface area is 119 Å². The van der Waals surface area contributed by atoms with Crippen molar-refractivity contribution in [3.63, 3.8) is 0 Å². The Morgan fingerprint density at radius 2 is 2.21 bits per heavy atom. The van der Waals surface area contributed by atoms with Crippen LogP contribution in [0.3, 0.4) is 0 Å². The van der Waals surface area contributed by atoms with E-state index in [1.807, 2.05) is 11.8 Å². The highest BCUT2D eigenvalue weighted by molar-refractivity contribution is 7.98. The van der Waals surface area contributed by atoms with Crippen LogP contribution in [-0.2, 0) is 10.5 Å². The van der Waals surface area contributed by atoms with Crippen LogP contribution in [0.2, 0.25) is 0 Å². The van der Waals surface area contributed by atoms with E-state index < -0.39 is 0 Å². The topological polar surface area (TPSA) is 41.1 Å². The van der Waals surface area contributed by atoms with E-state index in [0.717, 1.165) is 18.1 Å². The van der Waals surface area contributed by atoms with Crippen LogP contribution in [0.25, 0.3) is 0 Å². The normalized spacial score (nSPS) is 18.2. The maximum atomic E-state index is 11.7. The van der Waals surface area contributed by atoms with Crippen LogP contribution in [0.1, 0.15) is 31.0 Å². The van der Waals surface area contributed by atoms with Crippen molar-refractivity contribution in [2.75, 3.05) is 18.8 Å². The third-order valence-corrected chi connectivity index (χ3v) is 4.27. The van der Waals surface area contributed by atoms with E-state index in [2.05, 4.69) is 48.7 Å². The molecule has 104 valence electrons. The number of amides is 1. The molecule has 1 heterocycles. The molecule has 1 amide bonds. The lowest BCUT2D eigenvalue weighted by Gasteiger charge is -2.26. The number of hydrogen-bond acceptors (Lipinski definition) is 3. The number of carbonyl (C=O) groups is 1. The Morgan fingerprint density at radius 1 is 1.42 bits per heavy atom. The van der Waals surface area contributed by atoms with E-state index in [-0.39, 0.29) is 5.91 Å². The zero-order chi connectivity index (χ0) is 13.7. The summed E-state index contributed by atoms with van der Waals surface area (Å²) in [5.41, 5.74) is 2.73. The maximum absolute atomic E-state index is 11.7. The first-order chi connectivity index (χ1) is 9.16. The van der Waals surface area contributed by atoms with Crippen molar-refractivity contribution in [2.45, 2.75) is 25.6 Å². The quantitative estimate of drug-likeness (QED) is 0.868. The Hall–Kier alpha value is -1.00. The fourth-order valence-electron chi connectivity index (χ4n) is 2.15. The van der Waals surface area contributed by atoms with Gasteiger partial charge in [0.1, 0.15) is 0 Å². The molecule has 0 spiro atoms. The summed E-state index contributed by atoms with van der Waals surface area (Å²) in [4.78, 5) is 11.7. The van der Waals surface area contributed by atoms with E-state index >= 15 is 0 Å². The summed E-state index contributed by atoms with van der Waals surface area (Å²) in [5.74, 6) is 2.69. The van der Waals surface area contributed by atoms with E-state index in [0.29, 0.717) is 18.5 Å². The molecule has 0 fully saturated rings. The zero-order valence-corrected chi connectivity index (χ0v) is 12.4. The molecule has 1 unspecified atom stereocenters. The van der Waals surface area contributed by atoms with Crippen molar-refractivity contribution in [1.82, 2.24) is 10.6 Å². The molecule has 0 aliphatic carbocycles. The molecule has 4 heteroatoms. The highest BCUT2D eigenvalue weighted by Crippen LogP contribution is 2.31. The molecule has 1 aromatic rings. The van der Waals surface area contributed by atoms with Crippen LogP contribution in [0, 0.1) is 5.92 Å². The molecule has 19 heavy (non-hydrogen) atoms. The van der Waals surface area contributed by atoms with Crippen molar-refractivity contribution in [3.8, 4) is 0 Å². The first kappa shape index (κ1) is 14.4. The standard InChI is InChI=1S/C15H22N2OS/c1-11(2)7-17-15(18)8-16-14-10-19-9-12-5-3-4-6-13(12)14/h3-6,11,14,16H,7-10H2,1-2H3,(H,17,18). The van der Waals surface area contributed by atoms with Crippen LogP contribution in [0.5, 0.6) is 0 Å². The molecule has 1 aliphatic rings. The fourth-order valence-corrected chi connectivity index (χ4v) is 3.28. The highest BCUT2D eigenvalue weighted by atomic mass is 32.2. The Balaban J connectivity index is 1.86. The molecule has 0 aromatic heterocycles. The number of benzene rings is 1. The second kappa shape index (κ2) is 6.96. The van der Waals surface area contributed by atoms with Gasteiger partial charge in [-0.25, -0.2) is 0 Å². The van der Waals surface area contributed by atoms with E-state index in [4.69, 9.17) is 0 Å². The second-order valence-electron chi connectivity index (χ2n) is 5.35. The van der Waals surface area contributed by atoms with Gasteiger partial charge < -0.3 is 10.6 Å². The van der Waals surface area contributed by atoms with Crippen molar-refractivity contribution >= 4 is 17.7 Å². The predicted molar refractivity (Wildman–Crippen MR) is 81.2 cm³/mol. The molecule has 2 rings (SSSR count). The van der Waals surface area contributed by atoms with Gasteiger partial charge in [0.2, 0.25) is 5.91 Å². The van der Waals surface area contributed by atoms with Gasteiger partial charge in [-0.1, -0.05) is 38.1 Å². The third kappa shape index (κ3) is 4.25. The second-order valence-corrected chi connectivity index (χ2v) is 6.38. The Kier molecular flexibility index (Phi) is 5.28. The highest BCUT2D eigenvalue weighted by Gasteiger charge is 2.20. The molecular formula is C15H22N2OS. The van der Waals surface area contributed by atoms with Gasteiger partial charge in [0.15, 0.2) is 0 Å². The minimum absolute atomic E-state index is 0.0850. The van der Waals surface area contributed by atoms with Crippen LogP contribution >= 0.6 is 11.8 Å². The summed E-state index contributed by atoms with van der Waals surface area (Å²) >= 11 is 1.92. The summed E-state index contributed by atoms with van der Waals surface area (Å²) in [7, 11) is 0. The molecule has 2 N–H and O–H groups in total. The van der Waals surface area contributed by atoms with Gasteiger partial charge >= 0.3 is 0 Å². The smallest absolute Gasteiger partial charge is 0.233 e. The average molecular weight is 278 g/mol. The summed E-state index contributed by atoms with van der Waals surface area (Å²) < 4.78 is 0. The minimum atomic E-state index is 0.0850. The number of nitrogens with one attached hydrogen (secondary N) is 2. The van der Waals surface area contributed by atoms with Crippen LogP contribution in [0.15, 0.2) is 24.3 Å². The molecule has 0 bridgehead atoms.